The Morgan fingerprint density at radius 2 is 1.83 bits per heavy atom. The SMILES string of the molecule is O=C(Nc1ccccc1C(=O)N1CCOCC1)C1CCCN(Cc2nc(-c3ccccc3Cl)no2)C1. The topological polar surface area (TPSA) is 101 Å². The van der Waals surface area contributed by atoms with Gasteiger partial charge in [-0.05, 0) is 43.7 Å². The molecular weight excluding hydrogens is 482 g/mol. The molecule has 2 saturated heterocycles. The highest BCUT2D eigenvalue weighted by atomic mass is 35.5. The predicted octanol–water partition coefficient (Wildman–Crippen LogP) is 3.71. The van der Waals surface area contributed by atoms with Crippen molar-refractivity contribution < 1.29 is 18.8 Å². The van der Waals surface area contributed by atoms with Crippen molar-refractivity contribution in [3.63, 3.8) is 0 Å². The maximum Gasteiger partial charge on any atom is 0.256 e. The van der Waals surface area contributed by atoms with Crippen molar-refractivity contribution in [2.75, 3.05) is 44.7 Å². The molecule has 0 radical (unpaired) electrons. The van der Waals surface area contributed by atoms with Crippen LogP contribution in [0.4, 0.5) is 5.69 Å². The molecule has 0 spiro atoms. The number of anilines is 1. The van der Waals surface area contributed by atoms with E-state index >= 15 is 0 Å². The first-order chi connectivity index (χ1) is 17.6. The summed E-state index contributed by atoms with van der Waals surface area (Å²) in [7, 11) is 0. The Morgan fingerprint density at radius 3 is 2.67 bits per heavy atom. The van der Waals surface area contributed by atoms with Crippen molar-refractivity contribution in [3.8, 4) is 11.4 Å². The van der Waals surface area contributed by atoms with Crippen molar-refractivity contribution in [3.05, 3.63) is 65.0 Å². The van der Waals surface area contributed by atoms with E-state index in [4.69, 9.17) is 20.9 Å². The zero-order valence-electron chi connectivity index (χ0n) is 19.9. The van der Waals surface area contributed by atoms with Crippen LogP contribution in [0.5, 0.6) is 0 Å². The molecule has 2 amide bonds. The summed E-state index contributed by atoms with van der Waals surface area (Å²) in [6.07, 6.45) is 1.65. The van der Waals surface area contributed by atoms with E-state index in [2.05, 4.69) is 20.4 Å². The lowest BCUT2D eigenvalue weighted by Gasteiger charge is -2.31. The third-order valence-corrected chi connectivity index (χ3v) is 6.86. The van der Waals surface area contributed by atoms with E-state index in [1.54, 1.807) is 23.1 Å². The standard InChI is InChI=1S/C26H28ClN5O4/c27-21-9-3-1-7-19(21)24-29-23(36-30-24)17-31-11-5-6-18(16-31)25(33)28-22-10-4-2-8-20(22)26(34)32-12-14-35-15-13-32/h1-4,7-10,18H,5-6,11-17H2,(H,28,33). The maximum absolute atomic E-state index is 13.2. The number of hydrogen-bond donors (Lipinski definition) is 1. The van der Waals surface area contributed by atoms with Crippen molar-refractivity contribution >= 4 is 29.1 Å². The molecule has 1 N–H and O–H groups in total. The van der Waals surface area contributed by atoms with Crippen LogP contribution < -0.4 is 5.32 Å². The van der Waals surface area contributed by atoms with Crippen LogP contribution in [0.3, 0.4) is 0 Å². The minimum Gasteiger partial charge on any atom is -0.378 e. The number of rotatable bonds is 6. The normalized spacial score (nSPS) is 18.7. The third-order valence-electron chi connectivity index (χ3n) is 6.53. The van der Waals surface area contributed by atoms with Crippen LogP contribution in [0, 0.1) is 5.92 Å². The second kappa shape index (κ2) is 11.2. The quantitative estimate of drug-likeness (QED) is 0.540. The van der Waals surface area contributed by atoms with Gasteiger partial charge in [0.2, 0.25) is 17.6 Å². The number of ether oxygens (including phenoxy) is 1. The number of piperidine rings is 1. The summed E-state index contributed by atoms with van der Waals surface area (Å²) >= 11 is 6.25. The predicted molar refractivity (Wildman–Crippen MR) is 135 cm³/mol. The molecule has 1 aromatic heterocycles. The molecule has 0 saturated carbocycles. The fourth-order valence-corrected chi connectivity index (χ4v) is 4.85. The lowest BCUT2D eigenvalue weighted by atomic mass is 9.96. The van der Waals surface area contributed by atoms with Gasteiger partial charge in [0.25, 0.3) is 5.91 Å². The average molecular weight is 510 g/mol. The van der Waals surface area contributed by atoms with Gasteiger partial charge in [0.1, 0.15) is 0 Å². The molecule has 10 heteroatoms. The van der Waals surface area contributed by atoms with Crippen molar-refractivity contribution in [1.82, 2.24) is 19.9 Å². The monoisotopic (exact) mass is 509 g/mol. The molecule has 9 nitrogen and oxygen atoms in total. The number of nitrogens with zero attached hydrogens (tertiary/aromatic N) is 4. The number of carbonyl (C=O) groups excluding carboxylic acids is 2. The van der Waals surface area contributed by atoms with Gasteiger partial charge in [-0.2, -0.15) is 4.98 Å². The van der Waals surface area contributed by atoms with Crippen LogP contribution in [0.1, 0.15) is 29.1 Å². The first-order valence-corrected chi connectivity index (χ1v) is 12.5. The number of benzene rings is 2. The van der Waals surface area contributed by atoms with Crippen LogP contribution >= 0.6 is 11.6 Å². The number of nitrogens with one attached hydrogen (secondary N) is 1. The molecule has 0 aliphatic carbocycles. The van der Waals surface area contributed by atoms with E-state index in [0.29, 0.717) is 67.4 Å². The molecule has 36 heavy (non-hydrogen) atoms. The minimum absolute atomic E-state index is 0.0924. The van der Waals surface area contributed by atoms with Crippen LogP contribution in [-0.4, -0.2) is 71.1 Å². The Labute approximate surface area is 214 Å². The van der Waals surface area contributed by atoms with Crippen LogP contribution in [0.25, 0.3) is 11.4 Å². The average Bonchev–Trinajstić information content (AvgIpc) is 3.37. The summed E-state index contributed by atoms with van der Waals surface area (Å²) < 4.78 is 10.8. The van der Waals surface area contributed by atoms with E-state index in [9.17, 15) is 9.59 Å². The van der Waals surface area contributed by atoms with E-state index in [0.717, 1.165) is 24.9 Å². The molecular formula is C26H28ClN5O4. The van der Waals surface area contributed by atoms with Gasteiger partial charge >= 0.3 is 0 Å². The molecule has 3 heterocycles. The fourth-order valence-electron chi connectivity index (χ4n) is 4.63. The molecule has 5 rings (SSSR count). The van der Waals surface area contributed by atoms with Gasteiger partial charge in [-0.1, -0.05) is 41.0 Å². The highest BCUT2D eigenvalue weighted by Gasteiger charge is 2.28. The van der Waals surface area contributed by atoms with Gasteiger partial charge in [0.05, 0.1) is 41.9 Å². The van der Waals surface area contributed by atoms with Crippen molar-refractivity contribution in [2.45, 2.75) is 19.4 Å². The summed E-state index contributed by atoms with van der Waals surface area (Å²) in [5.74, 6) is 0.529. The smallest absolute Gasteiger partial charge is 0.256 e. The lowest BCUT2D eigenvalue weighted by molar-refractivity contribution is -0.121. The van der Waals surface area contributed by atoms with E-state index in [1.165, 1.54) is 0 Å². The number of hydrogen-bond acceptors (Lipinski definition) is 7. The number of amides is 2. The highest BCUT2D eigenvalue weighted by Crippen LogP contribution is 2.26. The molecule has 2 aromatic carbocycles. The summed E-state index contributed by atoms with van der Waals surface area (Å²) in [5.41, 5.74) is 1.76. The van der Waals surface area contributed by atoms with Gasteiger partial charge < -0.3 is 19.5 Å². The molecule has 1 unspecified atom stereocenters. The molecule has 1 atom stereocenters. The Morgan fingerprint density at radius 1 is 1.06 bits per heavy atom. The molecule has 188 valence electrons. The number of likely N-dealkylation sites (tertiary alicyclic amines) is 1. The van der Waals surface area contributed by atoms with Crippen LogP contribution in [0.15, 0.2) is 53.1 Å². The van der Waals surface area contributed by atoms with E-state index < -0.39 is 0 Å². The van der Waals surface area contributed by atoms with Crippen LogP contribution in [-0.2, 0) is 16.1 Å². The summed E-state index contributed by atoms with van der Waals surface area (Å²) in [6.45, 7) is 4.00. The number of carbonyl (C=O) groups is 2. The van der Waals surface area contributed by atoms with E-state index in [-0.39, 0.29) is 17.7 Å². The highest BCUT2D eigenvalue weighted by molar-refractivity contribution is 6.33. The summed E-state index contributed by atoms with van der Waals surface area (Å²) in [4.78, 5) is 34.6. The van der Waals surface area contributed by atoms with E-state index in [1.807, 2.05) is 30.3 Å². The van der Waals surface area contributed by atoms with Gasteiger partial charge in [0.15, 0.2) is 0 Å². The second-order valence-corrected chi connectivity index (χ2v) is 9.41. The number of para-hydroxylation sites is 1. The first-order valence-electron chi connectivity index (χ1n) is 12.2. The zero-order valence-corrected chi connectivity index (χ0v) is 20.6. The minimum atomic E-state index is -0.212. The Kier molecular flexibility index (Phi) is 7.60. The summed E-state index contributed by atoms with van der Waals surface area (Å²) in [5, 5.41) is 7.64. The Balaban J connectivity index is 1.22. The molecule has 2 fully saturated rings. The van der Waals surface area contributed by atoms with Gasteiger partial charge in [-0.15, -0.1) is 0 Å². The zero-order chi connectivity index (χ0) is 24.9. The Hall–Kier alpha value is -3.27. The largest absolute Gasteiger partial charge is 0.378 e. The maximum atomic E-state index is 13.2. The Bertz CT molecular complexity index is 1230. The van der Waals surface area contributed by atoms with Crippen LogP contribution in [0.2, 0.25) is 5.02 Å². The fraction of sp³-hybridized carbons (Fsp3) is 0.385. The number of morpholine rings is 1. The third kappa shape index (κ3) is 5.59. The number of halogens is 1. The van der Waals surface area contributed by atoms with Crippen molar-refractivity contribution in [2.24, 2.45) is 5.92 Å². The molecule has 0 bridgehead atoms. The second-order valence-electron chi connectivity index (χ2n) is 9.01. The summed E-state index contributed by atoms with van der Waals surface area (Å²) in [6, 6.07) is 14.5. The molecule has 3 aromatic rings. The number of aromatic nitrogens is 2. The lowest BCUT2D eigenvalue weighted by Crippen LogP contribution is -2.42. The molecule has 2 aliphatic heterocycles. The molecule has 2 aliphatic rings. The van der Waals surface area contributed by atoms with Crippen molar-refractivity contribution in [1.29, 1.82) is 0 Å². The first kappa shape index (κ1) is 24.4. The van der Waals surface area contributed by atoms with Gasteiger partial charge in [-0.25, -0.2) is 0 Å². The van der Waals surface area contributed by atoms with Gasteiger partial charge in [0, 0.05) is 25.2 Å². The van der Waals surface area contributed by atoms with Gasteiger partial charge in [-0.3, -0.25) is 14.5 Å².